The van der Waals surface area contributed by atoms with E-state index in [4.69, 9.17) is 15.2 Å². The van der Waals surface area contributed by atoms with Crippen LogP contribution in [0.2, 0.25) is 0 Å². The molecule has 0 aromatic carbocycles. The highest BCUT2D eigenvalue weighted by molar-refractivity contribution is 5.84. The first-order valence-electron chi connectivity index (χ1n) is 8.84. The van der Waals surface area contributed by atoms with Crippen LogP contribution in [0.4, 0.5) is 0 Å². The second-order valence-corrected chi connectivity index (χ2v) is 7.30. The van der Waals surface area contributed by atoms with Gasteiger partial charge in [0.2, 0.25) is 11.8 Å². The van der Waals surface area contributed by atoms with Crippen LogP contribution in [0.1, 0.15) is 39.0 Å². The number of rotatable bonds is 5. The Kier molecular flexibility index (Phi) is 4.92. The Morgan fingerprint density at radius 2 is 1.91 bits per heavy atom. The van der Waals surface area contributed by atoms with Gasteiger partial charge in [-0.1, -0.05) is 6.92 Å². The minimum Gasteiger partial charge on any atom is -0.379 e. The van der Waals surface area contributed by atoms with E-state index in [1.54, 1.807) is 0 Å². The maximum Gasteiger partial charge on any atom is 0.233 e. The van der Waals surface area contributed by atoms with Gasteiger partial charge in [-0.3, -0.25) is 9.59 Å². The van der Waals surface area contributed by atoms with Crippen molar-refractivity contribution in [3.05, 3.63) is 0 Å². The van der Waals surface area contributed by atoms with Gasteiger partial charge in [0.15, 0.2) is 0 Å². The Labute approximate surface area is 137 Å². The number of piperidine rings is 1. The third-order valence-electron chi connectivity index (χ3n) is 5.93. The van der Waals surface area contributed by atoms with Crippen molar-refractivity contribution in [2.24, 2.45) is 23.0 Å². The summed E-state index contributed by atoms with van der Waals surface area (Å²) >= 11 is 0. The van der Waals surface area contributed by atoms with Crippen molar-refractivity contribution in [1.29, 1.82) is 0 Å². The fraction of sp³-hybridized carbons (Fsp3) is 0.882. The molecule has 0 aliphatic carbocycles. The van der Waals surface area contributed by atoms with Gasteiger partial charge in [-0.25, -0.2) is 0 Å². The van der Waals surface area contributed by atoms with Crippen LogP contribution in [-0.4, -0.2) is 55.7 Å². The second kappa shape index (κ2) is 6.77. The van der Waals surface area contributed by atoms with Crippen LogP contribution in [0.25, 0.3) is 0 Å². The fourth-order valence-electron chi connectivity index (χ4n) is 4.07. The topological polar surface area (TPSA) is 81.9 Å². The van der Waals surface area contributed by atoms with Gasteiger partial charge in [0, 0.05) is 19.7 Å². The summed E-state index contributed by atoms with van der Waals surface area (Å²) < 4.78 is 11.0. The fourth-order valence-corrected chi connectivity index (χ4v) is 4.07. The average Bonchev–Trinajstić information content (AvgIpc) is 2.96. The van der Waals surface area contributed by atoms with Gasteiger partial charge in [-0.15, -0.1) is 0 Å². The Bertz CT molecular complexity index is 450. The van der Waals surface area contributed by atoms with E-state index >= 15 is 0 Å². The van der Waals surface area contributed by atoms with E-state index < -0.39 is 0 Å². The lowest BCUT2D eigenvalue weighted by atomic mass is 9.80. The number of ether oxygens (including phenoxy) is 2. The lowest BCUT2D eigenvalue weighted by molar-refractivity contribution is -0.174. The summed E-state index contributed by atoms with van der Waals surface area (Å²) in [6, 6.07) is 0. The first-order chi connectivity index (χ1) is 11.1. The SMILES string of the molecule is CCC1(C(=O)N2CCC(C[C@H]3OCC[C@H]3C(N)=O)CC2)COC1. The number of amides is 2. The van der Waals surface area contributed by atoms with Crippen molar-refractivity contribution in [2.75, 3.05) is 32.9 Å². The van der Waals surface area contributed by atoms with E-state index in [0.717, 1.165) is 45.2 Å². The van der Waals surface area contributed by atoms with Crippen LogP contribution in [0.3, 0.4) is 0 Å². The lowest BCUT2D eigenvalue weighted by Gasteiger charge is -2.44. The Hall–Kier alpha value is -1.14. The molecule has 23 heavy (non-hydrogen) atoms. The van der Waals surface area contributed by atoms with Crippen molar-refractivity contribution < 1.29 is 19.1 Å². The molecule has 0 aromatic rings. The molecule has 0 spiro atoms. The van der Waals surface area contributed by atoms with Gasteiger partial charge in [-0.2, -0.15) is 0 Å². The first-order valence-corrected chi connectivity index (χ1v) is 8.84. The number of hydrogen-bond donors (Lipinski definition) is 1. The van der Waals surface area contributed by atoms with E-state index in [0.29, 0.717) is 25.7 Å². The van der Waals surface area contributed by atoms with Crippen LogP contribution in [0.5, 0.6) is 0 Å². The molecule has 3 heterocycles. The van der Waals surface area contributed by atoms with Gasteiger partial charge in [0.25, 0.3) is 0 Å². The Morgan fingerprint density at radius 3 is 2.43 bits per heavy atom. The molecule has 2 atom stereocenters. The van der Waals surface area contributed by atoms with E-state index in [1.165, 1.54) is 0 Å². The molecule has 2 amide bonds. The molecule has 2 N–H and O–H groups in total. The first kappa shape index (κ1) is 16.7. The van der Waals surface area contributed by atoms with Gasteiger partial charge in [0.05, 0.1) is 30.7 Å². The van der Waals surface area contributed by atoms with E-state index in [9.17, 15) is 9.59 Å². The summed E-state index contributed by atoms with van der Waals surface area (Å²) in [4.78, 5) is 26.1. The molecule has 0 unspecified atom stereocenters. The number of carbonyl (C=O) groups is 2. The molecule has 6 heteroatoms. The molecule has 3 fully saturated rings. The van der Waals surface area contributed by atoms with E-state index in [2.05, 4.69) is 6.92 Å². The third kappa shape index (κ3) is 3.24. The minimum atomic E-state index is -0.265. The zero-order chi connectivity index (χ0) is 16.4. The summed E-state index contributed by atoms with van der Waals surface area (Å²) in [6.45, 7) is 5.44. The van der Waals surface area contributed by atoms with Crippen LogP contribution in [0.15, 0.2) is 0 Å². The normalized spacial score (nSPS) is 30.9. The molecular weight excluding hydrogens is 296 g/mol. The van der Waals surface area contributed by atoms with Crippen molar-refractivity contribution in [3.63, 3.8) is 0 Å². The highest BCUT2D eigenvalue weighted by atomic mass is 16.5. The third-order valence-corrected chi connectivity index (χ3v) is 5.93. The molecule has 3 saturated heterocycles. The van der Waals surface area contributed by atoms with Crippen LogP contribution < -0.4 is 5.73 Å². The maximum atomic E-state index is 12.7. The van der Waals surface area contributed by atoms with Crippen LogP contribution in [-0.2, 0) is 19.1 Å². The second-order valence-electron chi connectivity index (χ2n) is 7.30. The smallest absolute Gasteiger partial charge is 0.233 e. The number of nitrogens with zero attached hydrogens (tertiary/aromatic N) is 1. The summed E-state index contributed by atoms with van der Waals surface area (Å²) in [5.74, 6) is 0.399. The monoisotopic (exact) mass is 324 g/mol. The van der Waals surface area contributed by atoms with Gasteiger partial charge < -0.3 is 20.1 Å². The summed E-state index contributed by atoms with van der Waals surface area (Å²) in [5.41, 5.74) is 5.19. The number of hydrogen-bond acceptors (Lipinski definition) is 4. The van der Waals surface area contributed by atoms with Crippen LogP contribution >= 0.6 is 0 Å². The van der Waals surface area contributed by atoms with Crippen molar-refractivity contribution >= 4 is 11.8 Å². The predicted molar refractivity (Wildman–Crippen MR) is 84.5 cm³/mol. The van der Waals surface area contributed by atoms with E-state index in [1.807, 2.05) is 4.90 Å². The molecule has 0 saturated carbocycles. The zero-order valence-electron chi connectivity index (χ0n) is 14.0. The highest BCUT2D eigenvalue weighted by Gasteiger charge is 2.47. The maximum absolute atomic E-state index is 12.7. The molecule has 130 valence electrons. The molecule has 3 rings (SSSR count). The van der Waals surface area contributed by atoms with Gasteiger partial charge >= 0.3 is 0 Å². The van der Waals surface area contributed by atoms with Gasteiger partial charge in [-0.05, 0) is 38.0 Å². The average molecular weight is 324 g/mol. The summed E-state index contributed by atoms with van der Waals surface area (Å²) in [5, 5.41) is 0. The summed E-state index contributed by atoms with van der Waals surface area (Å²) in [6.07, 6.45) is 4.42. The number of carbonyl (C=O) groups excluding carboxylic acids is 2. The molecule has 0 aromatic heterocycles. The molecular formula is C17H28N2O4. The molecule has 0 bridgehead atoms. The van der Waals surface area contributed by atoms with Crippen molar-refractivity contribution in [2.45, 2.75) is 45.1 Å². The predicted octanol–water partition coefficient (Wildman–Crippen LogP) is 0.932. The largest absolute Gasteiger partial charge is 0.379 e. The minimum absolute atomic E-state index is 0.0261. The molecule has 0 radical (unpaired) electrons. The van der Waals surface area contributed by atoms with Gasteiger partial charge in [0.1, 0.15) is 0 Å². The Balaban J connectivity index is 1.49. The molecule has 3 aliphatic heterocycles. The lowest BCUT2D eigenvalue weighted by Crippen LogP contribution is -2.56. The highest BCUT2D eigenvalue weighted by Crippen LogP contribution is 2.36. The number of primary amides is 1. The van der Waals surface area contributed by atoms with Crippen LogP contribution in [0, 0.1) is 17.3 Å². The van der Waals surface area contributed by atoms with E-state index in [-0.39, 0.29) is 29.3 Å². The number of nitrogens with two attached hydrogens (primary N) is 1. The quantitative estimate of drug-likeness (QED) is 0.816. The standard InChI is InChI=1S/C17H28N2O4/c1-2-17(10-22-11-17)16(21)19-6-3-12(4-7-19)9-14-13(15(18)20)5-8-23-14/h12-14H,2-11H2,1H3,(H2,18,20)/t13-,14-/m1/s1. The molecule has 3 aliphatic rings. The molecule has 6 nitrogen and oxygen atoms in total. The Morgan fingerprint density at radius 1 is 1.22 bits per heavy atom. The van der Waals surface area contributed by atoms with Crippen molar-refractivity contribution in [1.82, 2.24) is 4.90 Å². The zero-order valence-corrected chi connectivity index (χ0v) is 14.0. The number of likely N-dealkylation sites (tertiary alicyclic amines) is 1. The summed E-state index contributed by atoms with van der Waals surface area (Å²) in [7, 11) is 0. The van der Waals surface area contributed by atoms with Crippen molar-refractivity contribution in [3.8, 4) is 0 Å².